The van der Waals surface area contributed by atoms with Gasteiger partial charge >= 0.3 is 11.7 Å². The smallest absolute Gasteiger partial charge is 0.350 e. The molecule has 0 fully saturated rings. The van der Waals surface area contributed by atoms with Crippen LogP contribution in [0, 0.1) is 5.82 Å². The first-order valence-electron chi connectivity index (χ1n) is 8.06. The van der Waals surface area contributed by atoms with Crippen LogP contribution < -0.4 is 11.4 Å². The van der Waals surface area contributed by atoms with E-state index in [1.807, 2.05) is 0 Å². The SMILES string of the molecule is CCOC(=O)CCCCCn1cc(Cn2cc(F)c(N)nc2=O)nn1. The van der Waals surface area contributed by atoms with Crippen LogP contribution >= 0.6 is 0 Å². The molecule has 2 aromatic heterocycles. The van der Waals surface area contributed by atoms with E-state index in [0.29, 0.717) is 25.3 Å². The highest BCUT2D eigenvalue weighted by atomic mass is 19.1. The molecule has 0 radical (unpaired) electrons. The topological polar surface area (TPSA) is 118 Å². The van der Waals surface area contributed by atoms with Crippen LogP contribution in [0.3, 0.4) is 0 Å². The summed E-state index contributed by atoms with van der Waals surface area (Å²) in [4.78, 5) is 26.3. The lowest BCUT2D eigenvalue weighted by molar-refractivity contribution is -0.143. The standard InChI is InChI=1S/C15H21FN6O3/c1-2-25-13(23)6-4-3-5-7-22-9-11(19-20-22)8-21-10-12(16)14(17)18-15(21)24/h9-10H,2-8H2,1H3,(H2,17,18,24). The van der Waals surface area contributed by atoms with Gasteiger partial charge in [-0.3, -0.25) is 14.0 Å². The Hall–Kier alpha value is -2.78. The molecular formula is C15H21FN6O3. The summed E-state index contributed by atoms with van der Waals surface area (Å²) in [6, 6.07) is 0. The van der Waals surface area contributed by atoms with Gasteiger partial charge in [0.05, 0.1) is 19.3 Å². The highest BCUT2D eigenvalue weighted by Crippen LogP contribution is 2.05. The summed E-state index contributed by atoms with van der Waals surface area (Å²) in [6.07, 6.45) is 5.55. The molecule has 0 aliphatic rings. The summed E-state index contributed by atoms with van der Waals surface area (Å²) in [5, 5.41) is 7.92. The lowest BCUT2D eigenvalue weighted by atomic mass is 10.2. The summed E-state index contributed by atoms with van der Waals surface area (Å²) in [5.74, 6) is -1.36. The monoisotopic (exact) mass is 352 g/mol. The maximum absolute atomic E-state index is 13.4. The molecule has 0 saturated carbocycles. The van der Waals surface area contributed by atoms with Crippen LogP contribution in [-0.4, -0.2) is 37.1 Å². The van der Waals surface area contributed by atoms with Gasteiger partial charge in [-0.15, -0.1) is 5.10 Å². The largest absolute Gasteiger partial charge is 0.466 e. The highest BCUT2D eigenvalue weighted by Gasteiger charge is 2.08. The number of nitrogens with two attached hydrogens (primary N) is 1. The first kappa shape index (κ1) is 18.6. The van der Waals surface area contributed by atoms with E-state index in [0.717, 1.165) is 30.0 Å². The van der Waals surface area contributed by atoms with Crippen molar-refractivity contribution in [3.63, 3.8) is 0 Å². The number of hydrogen-bond acceptors (Lipinski definition) is 7. The van der Waals surface area contributed by atoms with Crippen molar-refractivity contribution in [3.8, 4) is 0 Å². The van der Waals surface area contributed by atoms with Crippen LogP contribution in [0.25, 0.3) is 0 Å². The molecule has 0 aromatic carbocycles. The number of aryl methyl sites for hydroxylation is 1. The zero-order chi connectivity index (χ0) is 18.2. The number of anilines is 1. The molecule has 0 amide bonds. The Morgan fingerprint density at radius 3 is 2.88 bits per heavy atom. The van der Waals surface area contributed by atoms with Crippen LogP contribution in [-0.2, 0) is 22.6 Å². The van der Waals surface area contributed by atoms with Crippen molar-refractivity contribution in [1.29, 1.82) is 0 Å². The van der Waals surface area contributed by atoms with Gasteiger partial charge in [0.15, 0.2) is 11.6 Å². The van der Waals surface area contributed by atoms with E-state index in [9.17, 15) is 14.0 Å². The molecule has 9 nitrogen and oxygen atoms in total. The molecule has 0 aliphatic heterocycles. The number of hydrogen-bond donors (Lipinski definition) is 1. The minimum absolute atomic E-state index is 0.0614. The summed E-state index contributed by atoms with van der Waals surface area (Å²) in [6.45, 7) is 2.88. The number of carbonyl (C=O) groups is 1. The first-order valence-corrected chi connectivity index (χ1v) is 8.06. The molecule has 2 heterocycles. The molecule has 2 N–H and O–H groups in total. The maximum atomic E-state index is 13.4. The number of carbonyl (C=O) groups excluding carboxylic acids is 1. The molecule has 2 aromatic rings. The van der Waals surface area contributed by atoms with Gasteiger partial charge in [-0.05, 0) is 19.8 Å². The molecule has 0 unspecified atom stereocenters. The predicted octanol–water partition coefficient (Wildman–Crippen LogP) is 0.728. The summed E-state index contributed by atoms with van der Waals surface area (Å²) in [7, 11) is 0. The lowest BCUT2D eigenvalue weighted by Gasteiger charge is -2.03. The van der Waals surface area contributed by atoms with Crippen molar-refractivity contribution >= 4 is 11.8 Å². The molecule has 0 aliphatic carbocycles. The van der Waals surface area contributed by atoms with Crippen molar-refractivity contribution < 1.29 is 13.9 Å². The first-order chi connectivity index (χ1) is 12.0. The van der Waals surface area contributed by atoms with Crippen molar-refractivity contribution in [2.24, 2.45) is 0 Å². The summed E-state index contributed by atoms with van der Waals surface area (Å²) < 4.78 is 21.0. The molecule has 0 atom stereocenters. The lowest BCUT2D eigenvalue weighted by Crippen LogP contribution is -2.25. The molecule has 0 saturated heterocycles. The Bertz CT molecular complexity index is 773. The second-order valence-electron chi connectivity index (χ2n) is 5.47. The van der Waals surface area contributed by atoms with Crippen LogP contribution in [0.15, 0.2) is 17.2 Å². The van der Waals surface area contributed by atoms with E-state index in [2.05, 4.69) is 15.3 Å². The van der Waals surface area contributed by atoms with Crippen molar-refractivity contribution in [2.45, 2.75) is 45.7 Å². The van der Waals surface area contributed by atoms with Crippen molar-refractivity contribution in [2.75, 3.05) is 12.3 Å². The predicted molar refractivity (Wildman–Crippen MR) is 87.1 cm³/mol. The zero-order valence-corrected chi connectivity index (χ0v) is 14.0. The van der Waals surface area contributed by atoms with Gasteiger partial charge in [0.1, 0.15) is 5.69 Å². The number of nitrogens with zero attached hydrogens (tertiary/aromatic N) is 5. The fourth-order valence-electron chi connectivity index (χ4n) is 2.24. The second-order valence-corrected chi connectivity index (χ2v) is 5.47. The van der Waals surface area contributed by atoms with Gasteiger partial charge in [-0.2, -0.15) is 4.98 Å². The highest BCUT2D eigenvalue weighted by molar-refractivity contribution is 5.69. The van der Waals surface area contributed by atoms with E-state index in [4.69, 9.17) is 10.5 Å². The molecule has 25 heavy (non-hydrogen) atoms. The van der Waals surface area contributed by atoms with E-state index >= 15 is 0 Å². The number of ether oxygens (including phenoxy) is 1. The van der Waals surface area contributed by atoms with E-state index in [-0.39, 0.29) is 12.5 Å². The van der Waals surface area contributed by atoms with Crippen molar-refractivity contribution in [3.05, 3.63) is 34.4 Å². The molecule has 0 bridgehead atoms. The Labute approximate surface area is 143 Å². The molecule has 136 valence electrons. The third-order valence-corrected chi connectivity index (χ3v) is 3.47. The van der Waals surface area contributed by atoms with Gasteiger partial charge in [0.2, 0.25) is 0 Å². The summed E-state index contributed by atoms with van der Waals surface area (Å²) in [5.41, 5.74) is 5.11. The second kappa shape index (κ2) is 8.90. The van der Waals surface area contributed by atoms with Gasteiger partial charge in [0.25, 0.3) is 0 Å². The number of rotatable bonds is 9. The molecule has 10 heteroatoms. The third kappa shape index (κ3) is 5.66. The molecule has 2 rings (SSSR count). The fraction of sp³-hybridized carbons (Fsp3) is 0.533. The molecule has 0 spiro atoms. The van der Waals surface area contributed by atoms with Crippen molar-refractivity contribution in [1.82, 2.24) is 24.5 Å². The van der Waals surface area contributed by atoms with Gasteiger partial charge in [0, 0.05) is 19.2 Å². The molecular weight excluding hydrogens is 331 g/mol. The average Bonchev–Trinajstić information content (AvgIpc) is 3.00. The quantitative estimate of drug-likeness (QED) is 0.522. The van der Waals surface area contributed by atoms with Gasteiger partial charge in [-0.25, -0.2) is 9.18 Å². The Morgan fingerprint density at radius 1 is 1.32 bits per heavy atom. The van der Waals surface area contributed by atoms with E-state index < -0.39 is 17.3 Å². The number of unbranched alkanes of at least 4 members (excludes halogenated alkanes) is 2. The number of nitrogen functional groups attached to an aromatic ring is 1. The minimum Gasteiger partial charge on any atom is -0.466 e. The minimum atomic E-state index is -0.756. The van der Waals surface area contributed by atoms with Gasteiger partial charge < -0.3 is 10.5 Å². The van der Waals surface area contributed by atoms with Gasteiger partial charge in [-0.1, -0.05) is 11.6 Å². The normalized spacial score (nSPS) is 10.8. The third-order valence-electron chi connectivity index (χ3n) is 3.47. The number of halogens is 1. The maximum Gasteiger partial charge on any atom is 0.350 e. The Balaban J connectivity index is 1.80. The van der Waals surface area contributed by atoms with Crippen LogP contribution in [0.2, 0.25) is 0 Å². The average molecular weight is 352 g/mol. The van der Waals surface area contributed by atoms with E-state index in [1.165, 1.54) is 0 Å². The summed E-state index contributed by atoms with van der Waals surface area (Å²) >= 11 is 0. The Kier molecular flexibility index (Phi) is 6.61. The number of aromatic nitrogens is 5. The van der Waals surface area contributed by atoms with Crippen LogP contribution in [0.5, 0.6) is 0 Å². The zero-order valence-electron chi connectivity index (χ0n) is 14.0. The number of esters is 1. The van der Waals surface area contributed by atoms with Crippen LogP contribution in [0.4, 0.5) is 10.2 Å². The fourth-order valence-corrected chi connectivity index (χ4v) is 2.24. The Morgan fingerprint density at radius 2 is 2.12 bits per heavy atom. The van der Waals surface area contributed by atoms with E-state index in [1.54, 1.807) is 17.8 Å². The van der Waals surface area contributed by atoms with Crippen LogP contribution in [0.1, 0.15) is 38.3 Å².